The maximum Gasteiger partial charge on any atom is 0.191 e. The van der Waals surface area contributed by atoms with Crippen molar-refractivity contribution in [2.75, 3.05) is 45.4 Å². The molecule has 0 bridgehead atoms. The van der Waals surface area contributed by atoms with E-state index in [1.54, 1.807) is 7.11 Å². The Labute approximate surface area is 150 Å². The number of methoxy groups -OCH3 is 1. The number of hydrogen-bond acceptors (Lipinski definition) is 5. The van der Waals surface area contributed by atoms with Crippen LogP contribution in [0.4, 0.5) is 0 Å². The number of guanidine groups is 1. The summed E-state index contributed by atoms with van der Waals surface area (Å²) in [6.45, 7) is 4.85. The highest BCUT2D eigenvalue weighted by molar-refractivity contribution is 7.90. The number of sulfone groups is 1. The molecule has 0 aliphatic heterocycles. The van der Waals surface area contributed by atoms with Crippen LogP contribution in [0.25, 0.3) is 0 Å². The third-order valence-corrected chi connectivity index (χ3v) is 4.25. The fourth-order valence-corrected chi connectivity index (χ4v) is 2.43. The summed E-state index contributed by atoms with van der Waals surface area (Å²) >= 11 is 0. The normalized spacial score (nSPS) is 12.0. The van der Waals surface area contributed by atoms with Gasteiger partial charge in [-0.25, -0.2) is 13.4 Å². The van der Waals surface area contributed by atoms with Gasteiger partial charge in [-0.15, -0.1) is 0 Å². The van der Waals surface area contributed by atoms with E-state index in [2.05, 4.69) is 15.6 Å². The third kappa shape index (κ3) is 10.6. The zero-order valence-corrected chi connectivity index (χ0v) is 16.1. The highest BCUT2D eigenvalue weighted by Crippen LogP contribution is 2.11. The van der Waals surface area contributed by atoms with Crippen LogP contribution in [0, 0.1) is 0 Å². The van der Waals surface area contributed by atoms with Crippen LogP contribution in [0.5, 0.6) is 5.75 Å². The molecule has 0 spiro atoms. The summed E-state index contributed by atoms with van der Waals surface area (Å²) in [4.78, 5) is 4.50. The van der Waals surface area contributed by atoms with E-state index in [9.17, 15) is 8.42 Å². The largest absolute Gasteiger partial charge is 0.497 e. The molecule has 0 radical (unpaired) electrons. The molecule has 142 valence electrons. The molecule has 0 amide bonds. The van der Waals surface area contributed by atoms with Crippen molar-refractivity contribution in [1.82, 2.24) is 10.6 Å². The molecule has 0 saturated carbocycles. The molecule has 2 N–H and O–H groups in total. The lowest BCUT2D eigenvalue weighted by atomic mass is 10.2. The monoisotopic (exact) mass is 371 g/mol. The van der Waals surface area contributed by atoms with Gasteiger partial charge in [0, 0.05) is 32.6 Å². The Balaban J connectivity index is 2.56. The van der Waals surface area contributed by atoms with Crippen molar-refractivity contribution in [1.29, 1.82) is 0 Å². The predicted octanol–water partition coefficient (Wildman–Crippen LogP) is 1.20. The predicted molar refractivity (Wildman–Crippen MR) is 101 cm³/mol. The van der Waals surface area contributed by atoms with Gasteiger partial charge in [0.25, 0.3) is 0 Å². The van der Waals surface area contributed by atoms with Crippen molar-refractivity contribution in [3.63, 3.8) is 0 Å². The zero-order chi connectivity index (χ0) is 18.5. The number of hydrogen-bond donors (Lipinski definition) is 2. The summed E-state index contributed by atoms with van der Waals surface area (Å²) in [5, 5.41) is 6.25. The Morgan fingerprint density at radius 1 is 1.16 bits per heavy atom. The second-order valence-electron chi connectivity index (χ2n) is 5.55. The molecule has 7 nitrogen and oxygen atoms in total. The number of aliphatic imine (C=N–C) groups is 1. The maximum atomic E-state index is 11.3. The number of rotatable bonds is 11. The molecular weight excluding hydrogens is 342 g/mol. The number of nitrogens with one attached hydrogen (secondary N) is 2. The van der Waals surface area contributed by atoms with E-state index >= 15 is 0 Å². The van der Waals surface area contributed by atoms with Gasteiger partial charge < -0.3 is 20.1 Å². The maximum absolute atomic E-state index is 11.3. The molecule has 1 rings (SSSR count). The quantitative estimate of drug-likeness (QED) is 0.345. The second-order valence-corrected chi connectivity index (χ2v) is 7.81. The smallest absolute Gasteiger partial charge is 0.191 e. The molecule has 0 atom stereocenters. The van der Waals surface area contributed by atoms with Crippen molar-refractivity contribution in [2.24, 2.45) is 4.99 Å². The van der Waals surface area contributed by atoms with Crippen molar-refractivity contribution in [3.8, 4) is 5.75 Å². The van der Waals surface area contributed by atoms with E-state index in [1.165, 1.54) is 6.26 Å². The lowest BCUT2D eigenvalue weighted by molar-refractivity contribution is 0.145. The van der Waals surface area contributed by atoms with Crippen LogP contribution in [-0.4, -0.2) is 59.8 Å². The Hall–Kier alpha value is -1.80. The third-order valence-electron chi connectivity index (χ3n) is 3.31. The summed E-state index contributed by atoms with van der Waals surface area (Å²) in [6.07, 6.45) is 2.07. The van der Waals surface area contributed by atoms with Crippen LogP contribution in [0.1, 0.15) is 18.9 Å². The first-order chi connectivity index (χ1) is 11.9. The molecule has 25 heavy (non-hydrogen) atoms. The first kappa shape index (κ1) is 21.2. The molecule has 0 fully saturated rings. The fraction of sp³-hybridized carbons (Fsp3) is 0.588. The van der Waals surface area contributed by atoms with E-state index in [0.29, 0.717) is 38.8 Å². The molecule has 0 unspecified atom stereocenters. The Morgan fingerprint density at radius 3 is 2.44 bits per heavy atom. The van der Waals surface area contributed by atoms with Crippen LogP contribution < -0.4 is 15.4 Å². The van der Waals surface area contributed by atoms with Crippen LogP contribution >= 0.6 is 0 Å². The van der Waals surface area contributed by atoms with Gasteiger partial charge in [-0.2, -0.15) is 0 Å². The fourth-order valence-electron chi connectivity index (χ4n) is 1.96. The van der Waals surface area contributed by atoms with Crippen LogP contribution in [0.2, 0.25) is 0 Å². The van der Waals surface area contributed by atoms with Crippen molar-refractivity contribution in [2.45, 2.75) is 19.9 Å². The molecule has 8 heteroatoms. The SMILES string of the molecule is CCOCCCNC(=NCc1ccc(OC)cc1)NCCS(C)(=O)=O. The second kappa shape index (κ2) is 11.7. The van der Waals surface area contributed by atoms with E-state index in [4.69, 9.17) is 9.47 Å². The first-order valence-electron chi connectivity index (χ1n) is 8.35. The highest BCUT2D eigenvalue weighted by atomic mass is 32.2. The summed E-state index contributed by atoms with van der Waals surface area (Å²) in [5.41, 5.74) is 1.04. The Kier molecular flexibility index (Phi) is 9.94. The van der Waals surface area contributed by atoms with Gasteiger partial charge in [0.05, 0.1) is 19.4 Å². The number of nitrogens with zero attached hydrogens (tertiary/aromatic N) is 1. The average Bonchev–Trinajstić information content (AvgIpc) is 2.58. The minimum atomic E-state index is -3.01. The van der Waals surface area contributed by atoms with Crippen LogP contribution in [0.15, 0.2) is 29.3 Å². The molecule has 0 aliphatic carbocycles. The summed E-state index contributed by atoms with van der Waals surface area (Å²) in [7, 11) is -1.38. The molecule has 1 aromatic rings. The van der Waals surface area contributed by atoms with Crippen LogP contribution in [0.3, 0.4) is 0 Å². The van der Waals surface area contributed by atoms with Gasteiger partial charge >= 0.3 is 0 Å². The molecule has 0 saturated heterocycles. The summed E-state index contributed by atoms with van der Waals surface area (Å²) in [6, 6.07) is 7.67. The van der Waals surface area contributed by atoms with Gasteiger partial charge in [0.15, 0.2) is 5.96 Å². The summed E-state index contributed by atoms with van der Waals surface area (Å²) in [5.74, 6) is 1.46. The highest BCUT2D eigenvalue weighted by Gasteiger charge is 2.04. The van der Waals surface area contributed by atoms with Gasteiger partial charge in [0.1, 0.15) is 15.6 Å². The van der Waals surface area contributed by atoms with Crippen molar-refractivity contribution >= 4 is 15.8 Å². The van der Waals surface area contributed by atoms with E-state index < -0.39 is 9.84 Å². The number of ether oxygens (including phenoxy) is 2. The lowest BCUT2D eigenvalue weighted by Crippen LogP contribution is -2.40. The summed E-state index contributed by atoms with van der Waals surface area (Å²) < 4.78 is 32.9. The van der Waals surface area contributed by atoms with Gasteiger partial charge in [-0.3, -0.25) is 0 Å². The minimum absolute atomic E-state index is 0.0647. The molecule has 1 aromatic carbocycles. The molecule has 0 aliphatic rings. The van der Waals surface area contributed by atoms with Gasteiger partial charge in [-0.1, -0.05) is 12.1 Å². The van der Waals surface area contributed by atoms with E-state index in [1.807, 2.05) is 31.2 Å². The first-order valence-corrected chi connectivity index (χ1v) is 10.4. The van der Waals surface area contributed by atoms with E-state index in [0.717, 1.165) is 17.7 Å². The molecule has 0 heterocycles. The van der Waals surface area contributed by atoms with E-state index in [-0.39, 0.29) is 5.75 Å². The topological polar surface area (TPSA) is 89.0 Å². The molecular formula is C17H29N3O4S. The standard InChI is InChI=1S/C17H29N3O4S/c1-4-24-12-5-10-18-17(19-11-13-25(3,21)22)20-14-15-6-8-16(23-2)9-7-15/h6-9H,4-5,10-14H2,1-3H3,(H2,18,19,20). The minimum Gasteiger partial charge on any atom is -0.497 e. The van der Waals surface area contributed by atoms with Crippen LogP contribution in [-0.2, 0) is 21.1 Å². The van der Waals surface area contributed by atoms with Crippen molar-refractivity contribution in [3.05, 3.63) is 29.8 Å². The Bertz CT molecular complexity index is 615. The zero-order valence-electron chi connectivity index (χ0n) is 15.2. The lowest BCUT2D eigenvalue weighted by Gasteiger charge is -2.12. The number of benzene rings is 1. The Morgan fingerprint density at radius 2 is 1.84 bits per heavy atom. The van der Waals surface area contributed by atoms with Gasteiger partial charge in [0.2, 0.25) is 0 Å². The average molecular weight is 372 g/mol. The van der Waals surface area contributed by atoms with Gasteiger partial charge in [-0.05, 0) is 31.0 Å². The molecule has 0 aromatic heterocycles. The van der Waals surface area contributed by atoms with Crippen molar-refractivity contribution < 1.29 is 17.9 Å².